The molecule has 0 radical (unpaired) electrons. The number of nitrogens with zero attached hydrogens (tertiary/aromatic N) is 4. The number of likely N-dealkylation sites (tertiary alicyclic amines) is 1. The number of thioether (sulfide) groups is 1. The van der Waals surface area contributed by atoms with E-state index in [9.17, 15) is 4.79 Å². The topological polar surface area (TPSA) is 98.8 Å². The van der Waals surface area contributed by atoms with Gasteiger partial charge in [-0.15, -0.1) is 11.8 Å². The lowest BCUT2D eigenvalue weighted by Gasteiger charge is -2.31. The number of aromatic amines is 1. The third kappa shape index (κ3) is 6.06. The summed E-state index contributed by atoms with van der Waals surface area (Å²) in [5, 5.41) is 14.7. The zero-order valence-corrected chi connectivity index (χ0v) is 22.6. The molecule has 0 spiro atoms. The summed E-state index contributed by atoms with van der Waals surface area (Å²) >= 11 is 8.07. The summed E-state index contributed by atoms with van der Waals surface area (Å²) in [7, 11) is 0. The zero-order chi connectivity index (χ0) is 25.8. The lowest BCUT2D eigenvalue weighted by molar-refractivity contribution is -0.114. The summed E-state index contributed by atoms with van der Waals surface area (Å²) in [5.41, 5.74) is 3.67. The number of halogens is 1. The molecule has 10 heteroatoms. The van der Waals surface area contributed by atoms with E-state index in [1.165, 1.54) is 18.1 Å². The SMILES string of the molecule is CCCNC1CCN(C(C2=C(c3ncn[nH]3)SC(c3ccnc(NC(C)=O)c3)C2)c2ccc(Cl)cc2)C1. The number of anilines is 1. The number of aromatic nitrogens is 4. The summed E-state index contributed by atoms with van der Waals surface area (Å²) in [6.45, 7) is 6.73. The van der Waals surface area contributed by atoms with Gasteiger partial charge in [-0.2, -0.15) is 5.10 Å². The molecule has 3 unspecified atom stereocenters. The fourth-order valence-electron chi connectivity index (χ4n) is 5.21. The molecule has 2 aromatic heterocycles. The molecule has 0 aliphatic carbocycles. The van der Waals surface area contributed by atoms with Crippen molar-refractivity contribution in [3.8, 4) is 0 Å². The van der Waals surface area contributed by atoms with Crippen LogP contribution in [0.5, 0.6) is 0 Å². The molecule has 3 atom stereocenters. The standard InChI is InChI=1S/C27H32ClN7OS/c1-3-10-29-21-9-12-35(15-21)25(18-4-6-20(28)7-5-18)22-14-23(37-26(22)27-31-16-32-34-27)19-8-11-30-24(13-19)33-17(2)36/h4-8,11,13,16,21,23,25,29H,3,9-10,12,14-15H2,1-2H3,(H,30,33,36)(H,31,32,34). The van der Waals surface area contributed by atoms with Crippen molar-refractivity contribution >= 4 is 40.0 Å². The highest BCUT2D eigenvalue weighted by Crippen LogP contribution is 2.55. The molecule has 2 aliphatic heterocycles. The first-order valence-corrected chi connectivity index (χ1v) is 14.0. The van der Waals surface area contributed by atoms with Crippen LogP contribution in [-0.4, -0.2) is 56.6 Å². The van der Waals surface area contributed by atoms with Crippen molar-refractivity contribution in [2.45, 2.75) is 50.4 Å². The van der Waals surface area contributed by atoms with Gasteiger partial charge in [0.05, 0.1) is 10.9 Å². The van der Waals surface area contributed by atoms with Gasteiger partial charge in [0.15, 0.2) is 5.82 Å². The Bertz CT molecular complexity index is 1250. The second kappa shape index (κ2) is 11.8. The molecule has 0 saturated carbocycles. The van der Waals surface area contributed by atoms with Crippen LogP contribution in [0.2, 0.25) is 5.02 Å². The summed E-state index contributed by atoms with van der Waals surface area (Å²) in [6.07, 6.45) is 6.42. The van der Waals surface area contributed by atoms with E-state index in [-0.39, 0.29) is 17.2 Å². The fraction of sp³-hybridized carbons (Fsp3) is 0.407. The Morgan fingerprint density at radius 1 is 1.27 bits per heavy atom. The first-order valence-electron chi connectivity index (χ1n) is 12.7. The maximum absolute atomic E-state index is 11.6. The van der Waals surface area contributed by atoms with E-state index >= 15 is 0 Å². The average Bonchev–Trinajstić information content (AvgIpc) is 3.65. The summed E-state index contributed by atoms with van der Waals surface area (Å²) in [5.74, 6) is 1.23. The van der Waals surface area contributed by atoms with Crippen molar-refractivity contribution in [3.63, 3.8) is 0 Å². The minimum Gasteiger partial charge on any atom is -0.313 e. The third-order valence-corrected chi connectivity index (χ3v) is 8.50. The van der Waals surface area contributed by atoms with Crippen LogP contribution in [0.3, 0.4) is 0 Å². The van der Waals surface area contributed by atoms with Gasteiger partial charge < -0.3 is 10.6 Å². The van der Waals surface area contributed by atoms with Crippen molar-refractivity contribution in [1.82, 2.24) is 30.4 Å². The number of carbonyl (C=O) groups excluding carboxylic acids is 1. The Morgan fingerprint density at radius 2 is 2.11 bits per heavy atom. The highest BCUT2D eigenvalue weighted by molar-refractivity contribution is 8.08. The second-order valence-corrected chi connectivity index (χ2v) is 11.2. The predicted octanol–water partition coefficient (Wildman–Crippen LogP) is 5.22. The normalized spacial score (nSPS) is 20.9. The predicted molar refractivity (Wildman–Crippen MR) is 149 cm³/mol. The molecule has 1 amide bonds. The molecule has 0 bridgehead atoms. The van der Waals surface area contributed by atoms with Gasteiger partial charge in [0.1, 0.15) is 12.1 Å². The summed E-state index contributed by atoms with van der Waals surface area (Å²) < 4.78 is 0. The smallest absolute Gasteiger partial charge is 0.222 e. The number of benzene rings is 1. The van der Waals surface area contributed by atoms with E-state index in [2.05, 4.69) is 54.8 Å². The molecule has 8 nitrogen and oxygen atoms in total. The third-order valence-electron chi connectivity index (χ3n) is 6.83. The largest absolute Gasteiger partial charge is 0.313 e. The molecule has 194 valence electrons. The van der Waals surface area contributed by atoms with Crippen LogP contribution >= 0.6 is 23.4 Å². The number of hydrogen-bond acceptors (Lipinski definition) is 7. The van der Waals surface area contributed by atoms with E-state index in [0.717, 1.165) is 60.2 Å². The van der Waals surface area contributed by atoms with Crippen LogP contribution < -0.4 is 10.6 Å². The Kier molecular flexibility index (Phi) is 8.24. The fourth-order valence-corrected chi connectivity index (χ4v) is 6.72. The van der Waals surface area contributed by atoms with Crippen LogP contribution in [0.25, 0.3) is 4.91 Å². The van der Waals surface area contributed by atoms with E-state index < -0.39 is 0 Å². The number of carbonyl (C=O) groups is 1. The first-order chi connectivity index (χ1) is 18.0. The highest BCUT2D eigenvalue weighted by Gasteiger charge is 2.38. The molecule has 4 heterocycles. The molecular weight excluding hydrogens is 506 g/mol. The number of rotatable bonds is 9. The van der Waals surface area contributed by atoms with E-state index in [1.807, 2.05) is 24.3 Å². The quantitative estimate of drug-likeness (QED) is 0.344. The number of nitrogens with one attached hydrogen (secondary N) is 3. The molecule has 5 rings (SSSR count). The maximum atomic E-state index is 11.6. The summed E-state index contributed by atoms with van der Waals surface area (Å²) in [6, 6.07) is 12.8. The van der Waals surface area contributed by atoms with Crippen molar-refractivity contribution < 1.29 is 4.79 Å². The molecular formula is C27H32ClN7OS. The molecule has 3 aromatic rings. The second-order valence-electron chi connectivity index (χ2n) is 9.54. The van der Waals surface area contributed by atoms with Gasteiger partial charge in [-0.1, -0.05) is 30.7 Å². The van der Waals surface area contributed by atoms with Gasteiger partial charge in [-0.05, 0) is 66.8 Å². The van der Waals surface area contributed by atoms with Crippen LogP contribution in [0.15, 0.2) is 54.5 Å². The van der Waals surface area contributed by atoms with Crippen molar-refractivity contribution in [2.75, 3.05) is 25.0 Å². The van der Waals surface area contributed by atoms with E-state index in [4.69, 9.17) is 11.6 Å². The highest BCUT2D eigenvalue weighted by atomic mass is 35.5. The Morgan fingerprint density at radius 3 is 2.84 bits per heavy atom. The van der Waals surface area contributed by atoms with Crippen LogP contribution in [0, 0.1) is 0 Å². The lowest BCUT2D eigenvalue weighted by Crippen LogP contribution is -2.35. The van der Waals surface area contributed by atoms with Crippen LogP contribution in [0.1, 0.15) is 61.4 Å². The number of H-pyrrole nitrogens is 1. The number of hydrogen-bond donors (Lipinski definition) is 3. The molecule has 2 aliphatic rings. The summed E-state index contributed by atoms with van der Waals surface area (Å²) in [4.78, 5) is 24.2. The van der Waals surface area contributed by atoms with Crippen molar-refractivity contribution in [2.24, 2.45) is 0 Å². The Balaban J connectivity index is 1.51. The number of pyridine rings is 1. The molecule has 1 fully saturated rings. The Hall–Kier alpha value is -2.72. The van der Waals surface area contributed by atoms with Crippen LogP contribution in [-0.2, 0) is 4.79 Å². The minimum absolute atomic E-state index is 0.0972. The minimum atomic E-state index is -0.132. The van der Waals surface area contributed by atoms with Gasteiger partial charge in [0.25, 0.3) is 0 Å². The van der Waals surface area contributed by atoms with Gasteiger partial charge in [-0.3, -0.25) is 14.8 Å². The zero-order valence-electron chi connectivity index (χ0n) is 21.1. The molecule has 1 saturated heterocycles. The lowest BCUT2D eigenvalue weighted by atomic mass is 9.92. The van der Waals surface area contributed by atoms with Crippen molar-refractivity contribution in [1.29, 1.82) is 0 Å². The van der Waals surface area contributed by atoms with Crippen LogP contribution in [0.4, 0.5) is 5.82 Å². The van der Waals surface area contributed by atoms with Crippen molar-refractivity contribution in [3.05, 3.63) is 76.5 Å². The van der Waals surface area contributed by atoms with E-state index in [1.54, 1.807) is 24.3 Å². The van der Waals surface area contributed by atoms with Gasteiger partial charge in [-0.25, -0.2) is 9.97 Å². The number of amides is 1. The molecule has 37 heavy (non-hydrogen) atoms. The molecule has 3 N–H and O–H groups in total. The van der Waals surface area contributed by atoms with E-state index in [0.29, 0.717) is 11.9 Å². The maximum Gasteiger partial charge on any atom is 0.222 e. The first kappa shape index (κ1) is 25.9. The Labute approximate surface area is 226 Å². The van der Waals surface area contributed by atoms with Gasteiger partial charge >= 0.3 is 0 Å². The average molecular weight is 538 g/mol. The van der Waals surface area contributed by atoms with Gasteiger partial charge in [0.2, 0.25) is 5.91 Å². The monoisotopic (exact) mass is 537 g/mol. The van der Waals surface area contributed by atoms with Gasteiger partial charge in [0, 0.05) is 42.5 Å². The molecule has 1 aromatic carbocycles.